The van der Waals surface area contributed by atoms with Crippen LogP contribution in [0.5, 0.6) is 11.5 Å². The molecule has 1 aromatic carbocycles. The van der Waals surface area contributed by atoms with E-state index in [0.29, 0.717) is 5.82 Å². The number of amides is 1. The zero-order valence-corrected chi connectivity index (χ0v) is 18.1. The van der Waals surface area contributed by atoms with Crippen molar-refractivity contribution in [3.63, 3.8) is 0 Å². The Balaban J connectivity index is 1.34. The standard InChI is InChI=1S/C24H24F2N4O3/c1-16(29-10-2-3-18(15-29)17-8-11-30(32)12-9-17)24(31)28-23-7-5-20(14-27-23)33-22-6-4-19(25)13-21(22)26/h4-9,11-14,16,18H,2-3,10,15H2,1H3,(H,27,28,31). The highest BCUT2D eigenvalue weighted by Gasteiger charge is 2.28. The Morgan fingerprint density at radius 3 is 2.73 bits per heavy atom. The number of halogens is 2. The summed E-state index contributed by atoms with van der Waals surface area (Å²) >= 11 is 0. The lowest BCUT2D eigenvalue weighted by molar-refractivity contribution is -0.605. The van der Waals surface area contributed by atoms with Crippen LogP contribution in [0.4, 0.5) is 14.6 Å². The average molecular weight is 454 g/mol. The van der Waals surface area contributed by atoms with Gasteiger partial charge in [-0.1, -0.05) is 0 Å². The van der Waals surface area contributed by atoms with Crippen LogP contribution in [-0.2, 0) is 4.79 Å². The van der Waals surface area contributed by atoms with Gasteiger partial charge in [0.25, 0.3) is 0 Å². The quantitative estimate of drug-likeness (QED) is 0.450. The summed E-state index contributed by atoms with van der Waals surface area (Å²) in [7, 11) is 0. The predicted molar refractivity (Wildman–Crippen MR) is 118 cm³/mol. The summed E-state index contributed by atoms with van der Waals surface area (Å²) in [5.41, 5.74) is 1.09. The third-order valence-electron chi connectivity index (χ3n) is 5.79. The smallest absolute Gasteiger partial charge is 0.242 e. The van der Waals surface area contributed by atoms with Crippen LogP contribution in [0.2, 0.25) is 0 Å². The number of hydrogen-bond donors (Lipinski definition) is 1. The zero-order chi connectivity index (χ0) is 23.4. The van der Waals surface area contributed by atoms with Crippen molar-refractivity contribution in [3.8, 4) is 11.5 Å². The molecule has 172 valence electrons. The summed E-state index contributed by atoms with van der Waals surface area (Å²) in [6.45, 7) is 3.38. The number of aromatic nitrogens is 2. The molecule has 0 spiro atoms. The highest BCUT2D eigenvalue weighted by molar-refractivity contribution is 5.93. The van der Waals surface area contributed by atoms with Crippen molar-refractivity contribution in [2.75, 3.05) is 18.4 Å². The Morgan fingerprint density at radius 1 is 1.24 bits per heavy atom. The van der Waals surface area contributed by atoms with Crippen molar-refractivity contribution >= 4 is 11.7 Å². The van der Waals surface area contributed by atoms with Gasteiger partial charge in [0.05, 0.1) is 12.2 Å². The molecule has 0 radical (unpaired) electrons. The third kappa shape index (κ3) is 5.61. The highest BCUT2D eigenvalue weighted by atomic mass is 19.1. The van der Waals surface area contributed by atoms with Crippen LogP contribution < -0.4 is 14.8 Å². The Kier molecular flexibility index (Phi) is 6.79. The van der Waals surface area contributed by atoms with Crippen molar-refractivity contribution in [1.29, 1.82) is 0 Å². The summed E-state index contributed by atoms with van der Waals surface area (Å²) in [5.74, 6) is -0.952. The molecule has 1 fully saturated rings. The molecule has 9 heteroatoms. The van der Waals surface area contributed by atoms with Crippen molar-refractivity contribution < 1.29 is 23.0 Å². The van der Waals surface area contributed by atoms with Crippen molar-refractivity contribution in [2.24, 2.45) is 0 Å². The fraction of sp³-hybridized carbons (Fsp3) is 0.292. The molecule has 2 atom stereocenters. The van der Waals surface area contributed by atoms with Crippen molar-refractivity contribution in [2.45, 2.75) is 31.7 Å². The summed E-state index contributed by atoms with van der Waals surface area (Å²) in [4.78, 5) is 19.1. The van der Waals surface area contributed by atoms with E-state index in [1.807, 2.05) is 19.1 Å². The Bertz CT molecular complexity index is 1110. The minimum atomic E-state index is -0.816. The number of carbonyl (C=O) groups is 1. The lowest BCUT2D eigenvalue weighted by Crippen LogP contribution is -2.46. The number of carbonyl (C=O) groups excluding carboxylic acids is 1. The third-order valence-corrected chi connectivity index (χ3v) is 5.79. The van der Waals surface area contributed by atoms with E-state index < -0.39 is 11.6 Å². The lowest BCUT2D eigenvalue weighted by Gasteiger charge is -2.36. The maximum Gasteiger partial charge on any atom is 0.242 e. The number of nitrogens with one attached hydrogen (secondary N) is 1. The summed E-state index contributed by atoms with van der Waals surface area (Å²) < 4.78 is 32.9. The normalized spacial score (nSPS) is 17.4. The molecule has 1 saturated heterocycles. The second kappa shape index (κ2) is 9.91. The summed E-state index contributed by atoms with van der Waals surface area (Å²) in [6.07, 6.45) is 6.31. The van der Waals surface area contributed by atoms with E-state index in [0.717, 1.165) is 48.4 Å². The van der Waals surface area contributed by atoms with E-state index in [4.69, 9.17) is 4.74 Å². The molecule has 33 heavy (non-hydrogen) atoms. The van der Waals surface area contributed by atoms with Gasteiger partial charge in [0, 0.05) is 24.7 Å². The Morgan fingerprint density at radius 2 is 2.03 bits per heavy atom. The topological polar surface area (TPSA) is 81.4 Å². The molecule has 7 nitrogen and oxygen atoms in total. The molecular weight excluding hydrogens is 430 g/mol. The second-order valence-electron chi connectivity index (χ2n) is 8.05. The first-order valence-corrected chi connectivity index (χ1v) is 10.7. The highest BCUT2D eigenvalue weighted by Crippen LogP contribution is 2.28. The number of nitrogens with zero attached hydrogens (tertiary/aromatic N) is 3. The molecule has 1 amide bonds. The van der Waals surface area contributed by atoms with Crippen LogP contribution in [-0.4, -0.2) is 34.9 Å². The second-order valence-corrected chi connectivity index (χ2v) is 8.05. The molecular formula is C24H24F2N4O3. The number of hydrogen-bond acceptors (Lipinski definition) is 5. The number of rotatable bonds is 6. The van der Waals surface area contributed by atoms with Crippen LogP contribution >= 0.6 is 0 Å². The molecule has 4 rings (SSSR count). The van der Waals surface area contributed by atoms with Crippen LogP contribution in [0.15, 0.2) is 61.1 Å². The minimum Gasteiger partial charge on any atom is -0.619 e. The van der Waals surface area contributed by atoms with Gasteiger partial charge in [-0.15, -0.1) is 0 Å². The van der Waals surface area contributed by atoms with Gasteiger partial charge in [-0.3, -0.25) is 9.69 Å². The molecule has 1 N–H and O–H groups in total. The fourth-order valence-corrected chi connectivity index (χ4v) is 3.92. The monoisotopic (exact) mass is 454 g/mol. The fourth-order valence-electron chi connectivity index (χ4n) is 3.92. The number of benzene rings is 1. The predicted octanol–water partition coefficient (Wildman–Crippen LogP) is 3.99. The molecule has 1 aliphatic rings. The maximum absolute atomic E-state index is 13.7. The SMILES string of the molecule is CC(C(=O)Nc1ccc(Oc2ccc(F)cc2F)cn1)N1CCCC(c2cc[n+]([O-])cc2)C1. The lowest BCUT2D eigenvalue weighted by atomic mass is 9.90. The van der Waals surface area contributed by atoms with Gasteiger partial charge in [-0.25, -0.2) is 13.8 Å². The van der Waals surface area contributed by atoms with Crippen molar-refractivity contribution in [3.05, 3.63) is 83.5 Å². The average Bonchev–Trinajstić information content (AvgIpc) is 2.82. The van der Waals surface area contributed by atoms with E-state index in [1.54, 1.807) is 12.1 Å². The van der Waals surface area contributed by atoms with Crippen LogP contribution in [0.25, 0.3) is 0 Å². The summed E-state index contributed by atoms with van der Waals surface area (Å²) in [6, 6.07) is 9.43. The maximum atomic E-state index is 13.7. The van der Waals surface area contributed by atoms with Gasteiger partial charge >= 0.3 is 0 Å². The minimum absolute atomic E-state index is 0.119. The molecule has 1 aliphatic heterocycles. The molecule has 3 heterocycles. The van der Waals surface area contributed by atoms with E-state index in [-0.39, 0.29) is 29.4 Å². The van der Waals surface area contributed by atoms with Gasteiger partial charge in [0.15, 0.2) is 24.0 Å². The number of pyridine rings is 2. The number of ether oxygens (including phenoxy) is 1. The van der Waals surface area contributed by atoms with Gasteiger partial charge in [0.2, 0.25) is 5.91 Å². The molecule has 0 aliphatic carbocycles. The van der Waals surface area contributed by atoms with E-state index in [1.165, 1.54) is 24.7 Å². The van der Waals surface area contributed by atoms with Crippen molar-refractivity contribution in [1.82, 2.24) is 9.88 Å². The van der Waals surface area contributed by atoms with Gasteiger partial charge < -0.3 is 15.3 Å². The first kappa shape index (κ1) is 22.6. The first-order valence-electron chi connectivity index (χ1n) is 10.7. The molecule has 0 saturated carbocycles. The van der Waals surface area contributed by atoms with Crippen LogP contribution in [0.1, 0.15) is 31.2 Å². The molecule has 0 bridgehead atoms. The largest absolute Gasteiger partial charge is 0.619 e. The van der Waals surface area contributed by atoms with Gasteiger partial charge in [-0.2, -0.15) is 4.73 Å². The zero-order valence-electron chi connectivity index (χ0n) is 18.1. The van der Waals surface area contributed by atoms with E-state index >= 15 is 0 Å². The van der Waals surface area contributed by atoms with Crippen LogP contribution in [0.3, 0.4) is 0 Å². The Hall–Kier alpha value is -3.59. The van der Waals surface area contributed by atoms with Gasteiger partial charge in [0.1, 0.15) is 17.4 Å². The van der Waals surface area contributed by atoms with Crippen LogP contribution in [0, 0.1) is 16.8 Å². The first-order chi connectivity index (χ1) is 15.9. The molecule has 2 unspecified atom stereocenters. The number of piperidine rings is 1. The van der Waals surface area contributed by atoms with E-state index in [2.05, 4.69) is 15.2 Å². The number of likely N-dealkylation sites (tertiary alicyclic amines) is 1. The Labute approximate surface area is 190 Å². The van der Waals surface area contributed by atoms with Gasteiger partial charge in [-0.05, 0) is 62.1 Å². The summed E-state index contributed by atoms with van der Waals surface area (Å²) in [5, 5.41) is 14.1. The number of anilines is 1. The molecule has 3 aromatic rings. The molecule has 2 aromatic heterocycles. The van der Waals surface area contributed by atoms with E-state index in [9.17, 15) is 18.8 Å².